The van der Waals surface area contributed by atoms with Crippen LogP contribution in [0.3, 0.4) is 0 Å². The van der Waals surface area contributed by atoms with Crippen molar-refractivity contribution in [2.75, 3.05) is 7.11 Å². The molecule has 1 rings (SSSR count). The highest BCUT2D eigenvalue weighted by atomic mass is 16.6. The molecule has 2 N–H and O–H groups in total. The summed E-state index contributed by atoms with van der Waals surface area (Å²) in [5, 5.41) is 10.7. The third-order valence-electron chi connectivity index (χ3n) is 2.93. The number of ether oxygens (including phenoxy) is 1. The van der Waals surface area contributed by atoms with Gasteiger partial charge in [0.05, 0.1) is 17.4 Å². The second-order valence-electron chi connectivity index (χ2n) is 4.54. The fourth-order valence-corrected chi connectivity index (χ4v) is 1.64. The Morgan fingerprint density at radius 3 is 2.61 bits per heavy atom. The van der Waals surface area contributed by atoms with Crippen molar-refractivity contribution in [1.29, 1.82) is 0 Å². The first kappa shape index (κ1) is 14.1. The molecule has 98 valence electrons. The summed E-state index contributed by atoms with van der Waals surface area (Å²) >= 11 is 0. The summed E-state index contributed by atoms with van der Waals surface area (Å²) in [6.07, 6.45) is 0. The predicted molar refractivity (Wildman–Crippen MR) is 65.8 cm³/mol. The minimum absolute atomic E-state index is 0.0522. The monoisotopic (exact) mass is 252 g/mol. The Bertz CT molecular complexity index is 471. The lowest BCUT2D eigenvalue weighted by Gasteiger charge is -2.28. The van der Waals surface area contributed by atoms with E-state index in [1.165, 1.54) is 19.2 Å². The summed E-state index contributed by atoms with van der Waals surface area (Å²) in [5.41, 5.74) is 5.52. The molecule has 1 atom stereocenters. The minimum atomic E-state index is -0.954. The summed E-state index contributed by atoms with van der Waals surface area (Å²) in [4.78, 5) is 21.8. The van der Waals surface area contributed by atoms with Gasteiger partial charge in [-0.05, 0) is 19.4 Å². The number of non-ortho nitro benzene ring substituents is 1. The highest BCUT2D eigenvalue weighted by Gasteiger charge is 2.37. The van der Waals surface area contributed by atoms with Gasteiger partial charge in [0.1, 0.15) is 0 Å². The van der Waals surface area contributed by atoms with Gasteiger partial charge in [-0.1, -0.05) is 12.1 Å². The zero-order chi connectivity index (χ0) is 13.9. The maximum absolute atomic E-state index is 11.6. The van der Waals surface area contributed by atoms with E-state index in [9.17, 15) is 14.9 Å². The molecule has 1 aromatic rings. The van der Waals surface area contributed by atoms with Crippen molar-refractivity contribution < 1.29 is 14.5 Å². The van der Waals surface area contributed by atoms with Crippen LogP contribution >= 0.6 is 0 Å². The fourth-order valence-electron chi connectivity index (χ4n) is 1.64. The molecule has 0 heterocycles. The number of esters is 1. The number of nitrogens with two attached hydrogens (primary N) is 1. The van der Waals surface area contributed by atoms with E-state index in [1.54, 1.807) is 26.0 Å². The van der Waals surface area contributed by atoms with Gasteiger partial charge in [-0.15, -0.1) is 0 Å². The number of carbonyl (C=O) groups is 1. The SMILES string of the molecule is COC(=O)C(C)(C)[C@H](N)c1cccc([N+](=O)[O-])c1. The molecule has 0 saturated carbocycles. The van der Waals surface area contributed by atoms with Gasteiger partial charge in [-0.25, -0.2) is 0 Å². The number of methoxy groups -OCH3 is 1. The second kappa shape index (κ2) is 5.14. The second-order valence-corrected chi connectivity index (χ2v) is 4.54. The van der Waals surface area contributed by atoms with Gasteiger partial charge in [0.2, 0.25) is 0 Å². The summed E-state index contributed by atoms with van der Waals surface area (Å²) in [5.74, 6) is -0.457. The molecule has 0 unspecified atom stereocenters. The molecular weight excluding hydrogens is 236 g/mol. The van der Waals surface area contributed by atoms with E-state index in [2.05, 4.69) is 4.74 Å². The maximum atomic E-state index is 11.6. The number of nitro benzene ring substituents is 1. The Morgan fingerprint density at radius 2 is 2.11 bits per heavy atom. The molecule has 0 amide bonds. The molecule has 0 aliphatic carbocycles. The van der Waals surface area contributed by atoms with E-state index in [4.69, 9.17) is 5.73 Å². The Morgan fingerprint density at radius 1 is 1.50 bits per heavy atom. The van der Waals surface area contributed by atoms with Crippen LogP contribution in [0.15, 0.2) is 24.3 Å². The number of carbonyl (C=O) groups excluding carboxylic acids is 1. The molecule has 0 aliphatic heterocycles. The van der Waals surface area contributed by atoms with Gasteiger partial charge in [-0.3, -0.25) is 14.9 Å². The van der Waals surface area contributed by atoms with Crippen molar-refractivity contribution >= 4 is 11.7 Å². The molecule has 0 spiro atoms. The van der Waals surface area contributed by atoms with Gasteiger partial charge in [0, 0.05) is 18.2 Å². The molecule has 0 saturated heterocycles. The Kier molecular flexibility index (Phi) is 4.03. The van der Waals surface area contributed by atoms with Crippen molar-refractivity contribution in [1.82, 2.24) is 0 Å². The summed E-state index contributed by atoms with van der Waals surface area (Å²) in [6.45, 7) is 3.28. The molecule has 18 heavy (non-hydrogen) atoms. The molecule has 0 radical (unpaired) electrons. The van der Waals surface area contributed by atoms with Crippen molar-refractivity contribution in [2.24, 2.45) is 11.1 Å². The van der Waals surface area contributed by atoms with Gasteiger partial charge in [0.25, 0.3) is 5.69 Å². The van der Waals surface area contributed by atoms with Crippen molar-refractivity contribution in [3.05, 3.63) is 39.9 Å². The number of nitrogens with zero attached hydrogens (tertiary/aromatic N) is 1. The average molecular weight is 252 g/mol. The molecule has 6 heteroatoms. The third kappa shape index (κ3) is 2.65. The molecule has 0 bridgehead atoms. The molecule has 1 aromatic carbocycles. The highest BCUT2D eigenvalue weighted by molar-refractivity contribution is 5.77. The van der Waals surface area contributed by atoms with Crippen LogP contribution in [0.1, 0.15) is 25.5 Å². The van der Waals surface area contributed by atoms with Crippen molar-refractivity contribution in [3.8, 4) is 0 Å². The standard InChI is InChI=1S/C12H16N2O4/c1-12(2,11(15)18-3)10(13)8-5-4-6-9(7-8)14(16)17/h4-7,10H,13H2,1-3H3/t10-/m1/s1. The van der Waals surface area contributed by atoms with Crippen LogP contribution in [0.5, 0.6) is 0 Å². The zero-order valence-corrected chi connectivity index (χ0v) is 10.5. The van der Waals surface area contributed by atoms with Gasteiger partial charge in [-0.2, -0.15) is 0 Å². The normalized spacial score (nSPS) is 12.9. The molecule has 6 nitrogen and oxygen atoms in total. The number of rotatable bonds is 4. The molecule has 0 fully saturated rings. The topological polar surface area (TPSA) is 95.5 Å². The smallest absolute Gasteiger partial charge is 0.313 e. The van der Waals surface area contributed by atoms with Crippen LogP contribution in [0.25, 0.3) is 0 Å². The first-order valence-corrected chi connectivity index (χ1v) is 5.39. The van der Waals surface area contributed by atoms with Gasteiger partial charge < -0.3 is 10.5 Å². The highest BCUT2D eigenvalue weighted by Crippen LogP contribution is 2.33. The first-order valence-electron chi connectivity index (χ1n) is 5.39. The first-order chi connectivity index (χ1) is 8.30. The Hall–Kier alpha value is -1.95. The summed E-state index contributed by atoms with van der Waals surface area (Å²) in [6, 6.07) is 5.27. The van der Waals surface area contributed by atoms with Crippen molar-refractivity contribution in [3.63, 3.8) is 0 Å². The van der Waals surface area contributed by atoms with Crippen LogP contribution in [0.4, 0.5) is 5.69 Å². The lowest BCUT2D eigenvalue weighted by Crippen LogP contribution is -2.37. The lowest BCUT2D eigenvalue weighted by molar-refractivity contribution is -0.384. The largest absolute Gasteiger partial charge is 0.469 e. The van der Waals surface area contributed by atoms with E-state index < -0.39 is 22.3 Å². The van der Waals surface area contributed by atoms with Gasteiger partial charge >= 0.3 is 5.97 Å². The van der Waals surface area contributed by atoms with Crippen LogP contribution in [0, 0.1) is 15.5 Å². The summed E-state index contributed by atoms with van der Waals surface area (Å²) in [7, 11) is 1.28. The number of benzene rings is 1. The van der Waals surface area contributed by atoms with Crippen molar-refractivity contribution in [2.45, 2.75) is 19.9 Å². The Labute approximate surface area is 105 Å². The molecular formula is C12H16N2O4. The fraction of sp³-hybridized carbons (Fsp3) is 0.417. The van der Waals surface area contributed by atoms with Crippen LogP contribution in [0.2, 0.25) is 0 Å². The zero-order valence-electron chi connectivity index (χ0n) is 10.5. The van der Waals surface area contributed by atoms with E-state index >= 15 is 0 Å². The quantitative estimate of drug-likeness (QED) is 0.500. The lowest BCUT2D eigenvalue weighted by atomic mass is 9.81. The van der Waals surface area contributed by atoms with Crippen LogP contribution < -0.4 is 5.73 Å². The number of hydrogen-bond donors (Lipinski definition) is 1. The molecule has 0 aliphatic rings. The Balaban J connectivity index is 3.10. The molecule has 0 aromatic heterocycles. The number of hydrogen-bond acceptors (Lipinski definition) is 5. The predicted octanol–water partition coefficient (Wildman–Crippen LogP) is 1.79. The summed E-state index contributed by atoms with van der Waals surface area (Å²) < 4.78 is 4.68. The van der Waals surface area contributed by atoms with E-state index in [-0.39, 0.29) is 5.69 Å². The van der Waals surface area contributed by atoms with E-state index in [0.717, 1.165) is 0 Å². The van der Waals surface area contributed by atoms with Crippen LogP contribution in [-0.4, -0.2) is 18.0 Å². The van der Waals surface area contributed by atoms with E-state index in [0.29, 0.717) is 5.56 Å². The average Bonchev–Trinajstić information content (AvgIpc) is 2.36. The minimum Gasteiger partial charge on any atom is -0.469 e. The number of nitro groups is 1. The third-order valence-corrected chi connectivity index (χ3v) is 2.93. The maximum Gasteiger partial charge on any atom is 0.313 e. The van der Waals surface area contributed by atoms with Gasteiger partial charge in [0.15, 0.2) is 0 Å². The van der Waals surface area contributed by atoms with E-state index in [1.807, 2.05) is 0 Å². The van der Waals surface area contributed by atoms with Crippen LogP contribution in [-0.2, 0) is 9.53 Å².